The van der Waals surface area contributed by atoms with E-state index in [9.17, 15) is 0 Å². The van der Waals surface area contributed by atoms with Crippen molar-refractivity contribution in [1.29, 1.82) is 0 Å². The van der Waals surface area contributed by atoms with Crippen molar-refractivity contribution in [3.63, 3.8) is 0 Å². The molecule has 2 aromatic heterocycles. The smallest absolute Gasteiger partial charge is 0.142 e. The Balaban J connectivity index is 1.81. The van der Waals surface area contributed by atoms with Gasteiger partial charge < -0.3 is 10.6 Å². The van der Waals surface area contributed by atoms with E-state index >= 15 is 0 Å². The molecule has 96 valence electrons. The maximum absolute atomic E-state index is 5.97. The highest BCUT2D eigenvalue weighted by Gasteiger charge is 2.31. The molecule has 0 aromatic carbocycles. The first-order valence-electron chi connectivity index (χ1n) is 6.09. The van der Waals surface area contributed by atoms with Crippen LogP contribution in [0, 0.1) is 0 Å². The Labute approximate surface area is 110 Å². The minimum atomic E-state index is 0.634. The van der Waals surface area contributed by atoms with E-state index in [0.717, 1.165) is 12.4 Å². The van der Waals surface area contributed by atoms with Gasteiger partial charge in [0.15, 0.2) is 0 Å². The monoisotopic (exact) mass is 263 g/mol. The van der Waals surface area contributed by atoms with E-state index in [0.29, 0.717) is 5.92 Å². The van der Waals surface area contributed by atoms with Crippen LogP contribution >= 0.6 is 11.5 Å². The first kappa shape index (κ1) is 11.5. The molecule has 2 N–H and O–H groups in total. The molecule has 1 saturated carbocycles. The van der Waals surface area contributed by atoms with Crippen molar-refractivity contribution < 1.29 is 0 Å². The van der Waals surface area contributed by atoms with Gasteiger partial charge >= 0.3 is 0 Å². The summed E-state index contributed by atoms with van der Waals surface area (Å²) in [5.41, 5.74) is 8.43. The summed E-state index contributed by atoms with van der Waals surface area (Å²) < 4.78 is 6.13. The van der Waals surface area contributed by atoms with Crippen LogP contribution in [0.15, 0.2) is 12.4 Å². The molecule has 6 heteroatoms. The van der Waals surface area contributed by atoms with Gasteiger partial charge in [-0.2, -0.15) is 9.47 Å². The normalized spacial score (nSPS) is 15.0. The molecule has 0 spiro atoms. The van der Waals surface area contributed by atoms with Crippen molar-refractivity contribution in [2.45, 2.75) is 25.3 Å². The average molecular weight is 263 g/mol. The predicted molar refractivity (Wildman–Crippen MR) is 73.8 cm³/mol. The first-order chi connectivity index (χ1) is 8.65. The Morgan fingerprint density at radius 2 is 2.33 bits per heavy atom. The number of nitrogens with zero attached hydrogens (tertiary/aromatic N) is 4. The summed E-state index contributed by atoms with van der Waals surface area (Å²) >= 11 is 1.50. The van der Waals surface area contributed by atoms with Gasteiger partial charge in [-0.15, -0.1) is 0 Å². The number of aromatic nitrogens is 3. The van der Waals surface area contributed by atoms with Crippen molar-refractivity contribution in [2.75, 3.05) is 17.7 Å². The summed E-state index contributed by atoms with van der Waals surface area (Å²) in [5, 5.41) is 5.40. The van der Waals surface area contributed by atoms with E-state index in [4.69, 9.17) is 5.73 Å². The van der Waals surface area contributed by atoms with E-state index < -0.39 is 0 Å². The molecule has 0 unspecified atom stereocenters. The molecule has 1 aliphatic rings. The molecule has 1 aliphatic carbocycles. The van der Waals surface area contributed by atoms with Gasteiger partial charge in [0.05, 0.1) is 6.20 Å². The Morgan fingerprint density at radius 1 is 1.56 bits per heavy atom. The first-order valence-corrected chi connectivity index (χ1v) is 6.86. The second kappa shape index (κ2) is 4.28. The maximum atomic E-state index is 5.97. The van der Waals surface area contributed by atoms with E-state index in [-0.39, 0.29) is 0 Å². The third kappa shape index (κ3) is 2.08. The molecule has 5 nitrogen and oxygen atoms in total. The number of anilines is 2. The summed E-state index contributed by atoms with van der Waals surface area (Å²) in [7, 11) is 4.02. The molecule has 0 atom stereocenters. The minimum absolute atomic E-state index is 0.634. The zero-order valence-corrected chi connectivity index (χ0v) is 11.4. The fraction of sp³-hybridized carbons (Fsp3) is 0.500. The SMILES string of the molecule is CN(Cc1cnn(C)c1)c1snc(N)c1C1CC1. The van der Waals surface area contributed by atoms with Gasteiger partial charge in [-0.25, -0.2) is 0 Å². The van der Waals surface area contributed by atoms with Crippen LogP contribution in [0.5, 0.6) is 0 Å². The van der Waals surface area contributed by atoms with Crippen LogP contribution < -0.4 is 10.6 Å². The number of rotatable bonds is 4. The van der Waals surface area contributed by atoms with Crippen LogP contribution in [-0.2, 0) is 13.6 Å². The Bertz CT molecular complexity index is 555. The zero-order chi connectivity index (χ0) is 12.7. The summed E-state index contributed by atoms with van der Waals surface area (Å²) in [6.45, 7) is 0.842. The quantitative estimate of drug-likeness (QED) is 0.916. The topological polar surface area (TPSA) is 60.0 Å². The average Bonchev–Trinajstić information content (AvgIpc) is 2.97. The largest absolute Gasteiger partial charge is 0.383 e. The van der Waals surface area contributed by atoms with Gasteiger partial charge in [-0.05, 0) is 30.3 Å². The molecule has 0 amide bonds. The van der Waals surface area contributed by atoms with Crippen LogP contribution in [0.4, 0.5) is 10.8 Å². The Morgan fingerprint density at radius 3 is 2.94 bits per heavy atom. The van der Waals surface area contributed by atoms with Crippen LogP contribution in [0.1, 0.15) is 29.9 Å². The molecule has 18 heavy (non-hydrogen) atoms. The number of hydrogen-bond acceptors (Lipinski definition) is 5. The molecule has 2 aromatic rings. The summed E-state index contributed by atoms with van der Waals surface area (Å²) in [6, 6.07) is 0. The van der Waals surface area contributed by atoms with Crippen LogP contribution in [0.3, 0.4) is 0 Å². The van der Waals surface area contributed by atoms with Crippen molar-refractivity contribution in [3.8, 4) is 0 Å². The predicted octanol–water partition coefficient (Wildman–Crippen LogP) is 1.97. The molecule has 0 bridgehead atoms. The fourth-order valence-electron chi connectivity index (χ4n) is 2.23. The third-order valence-electron chi connectivity index (χ3n) is 3.25. The van der Waals surface area contributed by atoms with Crippen LogP contribution in [0.25, 0.3) is 0 Å². The van der Waals surface area contributed by atoms with Gasteiger partial charge in [0.25, 0.3) is 0 Å². The number of nitrogens with two attached hydrogens (primary N) is 1. The van der Waals surface area contributed by atoms with Crippen molar-refractivity contribution >= 4 is 22.4 Å². The van der Waals surface area contributed by atoms with Gasteiger partial charge in [-0.1, -0.05) is 0 Å². The Kier molecular flexibility index (Phi) is 2.74. The van der Waals surface area contributed by atoms with Crippen molar-refractivity contribution in [1.82, 2.24) is 14.2 Å². The molecule has 3 rings (SSSR count). The highest BCUT2D eigenvalue weighted by atomic mass is 32.1. The van der Waals surface area contributed by atoms with Gasteiger partial charge in [-0.3, -0.25) is 4.68 Å². The standard InChI is InChI=1S/C12H17N5S/c1-16(6-8-5-14-17(2)7-8)12-10(9-3-4-9)11(13)15-18-12/h5,7,9H,3-4,6H2,1-2H3,(H2,13,15). The minimum Gasteiger partial charge on any atom is -0.383 e. The summed E-state index contributed by atoms with van der Waals surface area (Å²) in [5.74, 6) is 1.35. The lowest BCUT2D eigenvalue weighted by atomic mass is 10.2. The number of hydrogen-bond donors (Lipinski definition) is 1. The Hall–Kier alpha value is -1.56. The van der Waals surface area contributed by atoms with Gasteiger partial charge in [0.2, 0.25) is 0 Å². The highest BCUT2D eigenvalue weighted by Crippen LogP contribution is 2.48. The lowest BCUT2D eigenvalue weighted by molar-refractivity contribution is 0.766. The van der Waals surface area contributed by atoms with Crippen LogP contribution in [-0.4, -0.2) is 21.2 Å². The van der Waals surface area contributed by atoms with E-state index in [1.54, 1.807) is 0 Å². The second-order valence-electron chi connectivity index (χ2n) is 4.94. The molecule has 0 aliphatic heterocycles. The molecule has 2 heterocycles. The van der Waals surface area contributed by atoms with Crippen LogP contribution in [0.2, 0.25) is 0 Å². The number of nitrogen functional groups attached to an aromatic ring is 1. The fourth-order valence-corrected chi connectivity index (χ4v) is 3.09. The van der Waals surface area contributed by atoms with E-state index in [1.807, 2.05) is 24.1 Å². The van der Waals surface area contributed by atoms with Gasteiger partial charge in [0.1, 0.15) is 10.8 Å². The maximum Gasteiger partial charge on any atom is 0.142 e. The van der Waals surface area contributed by atoms with E-state index in [2.05, 4.69) is 21.4 Å². The van der Waals surface area contributed by atoms with Gasteiger partial charge in [0, 0.05) is 38.0 Å². The zero-order valence-electron chi connectivity index (χ0n) is 10.6. The molecular formula is C12H17N5S. The second-order valence-corrected chi connectivity index (χ2v) is 5.69. The lowest BCUT2D eigenvalue weighted by Crippen LogP contribution is -2.16. The highest BCUT2D eigenvalue weighted by molar-refractivity contribution is 7.10. The van der Waals surface area contributed by atoms with Crippen molar-refractivity contribution in [2.24, 2.45) is 7.05 Å². The number of aryl methyl sites for hydroxylation is 1. The molecular weight excluding hydrogens is 246 g/mol. The molecule has 0 saturated heterocycles. The van der Waals surface area contributed by atoms with Crippen molar-refractivity contribution in [3.05, 3.63) is 23.5 Å². The molecule has 0 radical (unpaired) electrons. The lowest BCUT2D eigenvalue weighted by Gasteiger charge is -2.17. The molecule has 1 fully saturated rings. The summed E-state index contributed by atoms with van der Waals surface area (Å²) in [6.07, 6.45) is 6.43. The third-order valence-corrected chi connectivity index (χ3v) is 4.24. The van der Waals surface area contributed by atoms with E-state index in [1.165, 1.54) is 40.5 Å². The summed E-state index contributed by atoms with van der Waals surface area (Å²) in [4.78, 5) is 2.22.